The van der Waals surface area contributed by atoms with Crippen molar-refractivity contribution < 1.29 is 73.8 Å². The van der Waals surface area contributed by atoms with Crippen LogP contribution in [0.4, 0.5) is 5.69 Å². The van der Waals surface area contributed by atoms with Gasteiger partial charge in [0, 0.05) is 38.2 Å². The Morgan fingerprint density at radius 2 is 1.66 bits per heavy atom. The number of anilines is 1. The average molecular weight is 747 g/mol. The molecule has 0 bridgehead atoms. The van der Waals surface area contributed by atoms with E-state index in [1.165, 1.54) is 20.2 Å². The molecule has 53 heavy (non-hydrogen) atoms. The Labute approximate surface area is 302 Å². The number of aromatic hydroxyl groups is 2. The molecule has 0 unspecified atom stereocenters. The topological polar surface area (TPSA) is 294 Å². The number of benzene rings is 3. The first kappa shape index (κ1) is 40.0. The second kappa shape index (κ2) is 18.2. The van der Waals surface area contributed by atoms with Crippen LogP contribution in [0.25, 0.3) is 0 Å². The van der Waals surface area contributed by atoms with Crippen molar-refractivity contribution in [2.24, 2.45) is 10.7 Å². The highest BCUT2D eigenvalue weighted by molar-refractivity contribution is 5.96. The van der Waals surface area contributed by atoms with Gasteiger partial charge in [-0.25, -0.2) is 9.59 Å². The molecule has 6 atom stereocenters. The van der Waals surface area contributed by atoms with Gasteiger partial charge in [-0.1, -0.05) is 30.3 Å². The van der Waals surface area contributed by atoms with Crippen LogP contribution in [0.3, 0.4) is 0 Å². The number of ether oxygens (including phenoxy) is 6. The number of aromatic carboxylic acids is 1. The smallest absolute Gasteiger partial charge is 0.344 e. The largest absolute Gasteiger partial charge is 0.504 e. The minimum Gasteiger partial charge on any atom is -0.504 e. The summed E-state index contributed by atoms with van der Waals surface area (Å²) in [6.07, 6.45) is -11.9. The fourth-order valence-corrected chi connectivity index (χ4v) is 5.09. The summed E-state index contributed by atoms with van der Waals surface area (Å²) in [5, 5.41) is 79.9. The summed E-state index contributed by atoms with van der Waals surface area (Å²) in [5.41, 5.74) is 5.76. The quantitative estimate of drug-likeness (QED) is 0.0402. The third kappa shape index (κ3) is 9.58. The Morgan fingerprint density at radius 3 is 2.30 bits per heavy atom. The number of aliphatic hydroxyl groups is 4. The maximum atomic E-state index is 13.3. The number of carbonyl (C=O) groups excluding carboxylic acids is 1. The highest BCUT2D eigenvalue weighted by Gasteiger charge is 2.49. The highest BCUT2D eigenvalue weighted by atomic mass is 16.7. The van der Waals surface area contributed by atoms with E-state index in [1.807, 2.05) is 30.3 Å². The third-order valence-electron chi connectivity index (χ3n) is 7.88. The SMILES string of the molecule is CCNc1cc(O[C@@H]2O[C@H]([C@@H](O)OC(=O)c3cc(OC)c(O)c(OCCc4ccccc4)c3O)[C@@H](O)[C@H](O)[C@H]2O)c(OCNC(N)=NC)cc1C(=O)O. The van der Waals surface area contributed by atoms with Crippen molar-refractivity contribution in [1.82, 2.24) is 5.32 Å². The fourth-order valence-electron chi connectivity index (χ4n) is 5.09. The van der Waals surface area contributed by atoms with Crippen molar-refractivity contribution in [2.45, 2.75) is 50.3 Å². The number of guanidine groups is 1. The van der Waals surface area contributed by atoms with Gasteiger partial charge >= 0.3 is 11.9 Å². The van der Waals surface area contributed by atoms with Crippen molar-refractivity contribution in [1.29, 1.82) is 0 Å². The number of aliphatic hydroxyl groups excluding tert-OH is 4. The highest BCUT2D eigenvalue weighted by Crippen LogP contribution is 2.46. The number of phenolic OH excluding ortho intramolecular Hbond substituents is 2. The zero-order valence-electron chi connectivity index (χ0n) is 28.8. The first-order valence-electron chi connectivity index (χ1n) is 16.1. The van der Waals surface area contributed by atoms with Crippen LogP contribution in [0.1, 0.15) is 33.2 Å². The normalized spacial score (nSPS) is 20.5. The van der Waals surface area contributed by atoms with E-state index in [-0.39, 0.29) is 47.8 Å². The monoisotopic (exact) mass is 746 g/mol. The summed E-state index contributed by atoms with van der Waals surface area (Å²) in [6.45, 7) is 1.65. The van der Waals surface area contributed by atoms with E-state index in [1.54, 1.807) is 6.92 Å². The van der Waals surface area contributed by atoms with Gasteiger partial charge < -0.3 is 80.5 Å². The van der Waals surface area contributed by atoms with Gasteiger partial charge in [0.1, 0.15) is 23.9 Å². The summed E-state index contributed by atoms with van der Waals surface area (Å²) >= 11 is 0. The predicted octanol–water partition coefficient (Wildman–Crippen LogP) is 0.0901. The molecular weight excluding hydrogens is 704 g/mol. The lowest BCUT2D eigenvalue weighted by atomic mass is 9.98. The number of nitrogens with one attached hydrogen (secondary N) is 2. The summed E-state index contributed by atoms with van der Waals surface area (Å²) in [4.78, 5) is 29.0. The van der Waals surface area contributed by atoms with Gasteiger partial charge in [0.15, 0.2) is 41.8 Å². The molecule has 0 aliphatic carbocycles. The van der Waals surface area contributed by atoms with Crippen molar-refractivity contribution in [3.63, 3.8) is 0 Å². The van der Waals surface area contributed by atoms with Crippen LogP contribution in [0.5, 0.6) is 34.5 Å². The van der Waals surface area contributed by atoms with Crippen LogP contribution in [-0.2, 0) is 15.9 Å². The van der Waals surface area contributed by atoms with Crippen molar-refractivity contribution in [2.75, 3.05) is 39.4 Å². The maximum Gasteiger partial charge on any atom is 0.344 e. The molecule has 11 N–H and O–H groups in total. The molecule has 1 saturated heterocycles. The molecule has 1 aliphatic heterocycles. The number of esters is 1. The first-order chi connectivity index (χ1) is 25.3. The lowest BCUT2D eigenvalue weighted by Crippen LogP contribution is -2.62. The molecule has 1 fully saturated rings. The van der Waals surface area contributed by atoms with E-state index in [2.05, 4.69) is 15.6 Å². The number of carbonyl (C=O) groups is 2. The Kier molecular flexibility index (Phi) is 13.7. The molecule has 288 valence electrons. The van der Waals surface area contributed by atoms with Crippen LogP contribution in [0, 0.1) is 0 Å². The standard InChI is InChI=1S/C34H42N4O15/c1-4-37-19-14-21(20(12-17(19)30(44)45)50-15-38-34(35)36-2)51-33-27(43)25(41)26(42)29(52-33)32(47)53-31(46)18-13-22(48-3)24(40)28(23(18)39)49-11-10-16-8-6-5-7-9-16/h5-9,12-14,25-27,29,32-33,37,39-43,47H,4,10-11,15H2,1-3H3,(H,44,45)(H3,35,36,38)/t25-,26-,27+,29-,32-,33+/m0/s1. The van der Waals surface area contributed by atoms with Gasteiger partial charge in [0.2, 0.25) is 24.1 Å². The number of rotatable bonds is 16. The van der Waals surface area contributed by atoms with Crippen molar-refractivity contribution in [3.8, 4) is 34.5 Å². The number of nitrogens with two attached hydrogens (primary N) is 1. The van der Waals surface area contributed by atoms with Gasteiger partial charge in [-0.05, 0) is 12.5 Å². The molecule has 0 aromatic heterocycles. The van der Waals surface area contributed by atoms with Gasteiger partial charge in [0.05, 0.1) is 25.0 Å². The van der Waals surface area contributed by atoms with Gasteiger partial charge in [-0.15, -0.1) is 0 Å². The molecule has 1 aliphatic rings. The zero-order valence-corrected chi connectivity index (χ0v) is 28.8. The van der Waals surface area contributed by atoms with E-state index >= 15 is 0 Å². The first-order valence-corrected chi connectivity index (χ1v) is 16.1. The van der Waals surface area contributed by atoms with Crippen molar-refractivity contribution >= 4 is 23.6 Å². The summed E-state index contributed by atoms with van der Waals surface area (Å²) in [5.74, 6) is -5.41. The molecule has 19 heteroatoms. The molecule has 1 heterocycles. The molecule has 3 aromatic rings. The lowest BCUT2D eigenvalue weighted by molar-refractivity contribution is -0.309. The molecule has 0 spiro atoms. The molecular formula is C34H42N4O15. The number of hydrogen-bond donors (Lipinski definition) is 10. The molecule has 19 nitrogen and oxygen atoms in total. The Balaban J connectivity index is 1.56. The van der Waals surface area contributed by atoms with Gasteiger partial charge in [-0.3, -0.25) is 4.99 Å². The van der Waals surface area contributed by atoms with E-state index in [0.29, 0.717) is 13.0 Å². The van der Waals surface area contributed by atoms with Gasteiger partial charge in [0.25, 0.3) is 0 Å². The van der Waals surface area contributed by atoms with E-state index in [9.17, 15) is 45.3 Å². The third-order valence-corrected chi connectivity index (χ3v) is 7.88. The molecule has 4 rings (SSSR count). The number of carboxylic acid groups (broad SMARTS) is 1. The number of hydrogen-bond acceptors (Lipinski definition) is 16. The number of phenols is 2. The Morgan fingerprint density at radius 1 is 0.962 bits per heavy atom. The van der Waals surface area contributed by atoms with Crippen LogP contribution < -0.4 is 35.3 Å². The number of methoxy groups -OCH3 is 1. The van der Waals surface area contributed by atoms with Crippen molar-refractivity contribution in [3.05, 3.63) is 65.2 Å². The van der Waals surface area contributed by atoms with E-state index in [4.69, 9.17) is 34.2 Å². The molecule has 0 amide bonds. The second-order valence-corrected chi connectivity index (χ2v) is 11.3. The van der Waals surface area contributed by atoms with Crippen LogP contribution >= 0.6 is 0 Å². The fraction of sp³-hybridized carbons (Fsp3) is 0.382. The second-order valence-electron chi connectivity index (χ2n) is 11.3. The maximum absolute atomic E-state index is 13.3. The van der Waals surface area contributed by atoms with Crippen LogP contribution in [0.2, 0.25) is 0 Å². The van der Waals surface area contributed by atoms with Crippen LogP contribution in [0.15, 0.2) is 53.5 Å². The summed E-state index contributed by atoms with van der Waals surface area (Å²) < 4.78 is 32.8. The Hall–Kier alpha value is -5.73. The van der Waals surface area contributed by atoms with E-state index < -0.39 is 71.7 Å². The van der Waals surface area contributed by atoms with E-state index in [0.717, 1.165) is 17.7 Å². The number of aliphatic imine (C=N–C) groups is 1. The molecule has 0 radical (unpaired) electrons. The Bertz CT molecular complexity index is 1760. The summed E-state index contributed by atoms with van der Waals surface area (Å²) in [7, 11) is 2.60. The summed E-state index contributed by atoms with van der Waals surface area (Å²) in [6, 6.07) is 12.4. The lowest BCUT2D eigenvalue weighted by Gasteiger charge is -2.41. The van der Waals surface area contributed by atoms with Crippen LogP contribution in [-0.4, -0.2) is 125 Å². The molecule has 0 saturated carbocycles. The van der Waals surface area contributed by atoms with Gasteiger partial charge in [-0.2, -0.15) is 0 Å². The zero-order chi connectivity index (χ0) is 38.8. The minimum absolute atomic E-state index is 0.00408. The molecule has 3 aromatic carbocycles. The average Bonchev–Trinajstić information content (AvgIpc) is 3.14. The minimum atomic E-state index is -2.37. The number of nitrogens with zero attached hydrogens (tertiary/aromatic N) is 1. The number of carboxylic acids is 1. The predicted molar refractivity (Wildman–Crippen MR) is 184 cm³/mol.